The molecule has 0 unspecified atom stereocenters. The van der Waals surface area contributed by atoms with E-state index in [2.05, 4.69) is 49.5 Å². The minimum Gasteiger partial charge on any atom is -0.482 e. The van der Waals surface area contributed by atoms with Gasteiger partial charge in [-0.25, -0.2) is 14.3 Å². The number of piperazine rings is 1. The number of anilines is 4. The van der Waals surface area contributed by atoms with Crippen molar-refractivity contribution in [2.24, 2.45) is 0 Å². The fraction of sp³-hybridized carbons (Fsp3) is 0.323. The second-order valence-corrected chi connectivity index (χ2v) is 11.5. The number of ether oxygens (including phenoxy) is 1. The first-order valence-electron chi connectivity index (χ1n) is 14.9. The number of rotatable bonds is 3. The van der Waals surface area contributed by atoms with E-state index >= 15 is 0 Å². The van der Waals surface area contributed by atoms with E-state index in [-0.39, 0.29) is 18.1 Å². The molecule has 13 heteroatoms. The van der Waals surface area contributed by atoms with Gasteiger partial charge in [0.25, 0.3) is 11.5 Å². The summed E-state index contributed by atoms with van der Waals surface area (Å²) in [6.07, 6.45) is 7.21. The summed E-state index contributed by atoms with van der Waals surface area (Å²) in [7, 11) is 2.14. The lowest BCUT2D eigenvalue weighted by Crippen LogP contribution is -2.44. The van der Waals surface area contributed by atoms with E-state index in [0.717, 1.165) is 61.4 Å². The van der Waals surface area contributed by atoms with Crippen LogP contribution < -0.4 is 25.4 Å². The molecule has 3 aromatic heterocycles. The molecule has 8 rings (SSSR count). The van der Waals surface area contributed by atoms with Crippen molar-refractivity contribution < 1.29 is 9.53 Å². The molecular weight excluding hydrogens is 560 g/mol. The highest BCUT2D eigenvalue weighted by Gasteiger charge is 2.27. The number of aromatic amines is 1. The largest absolute Gasteiger partial charge is 0.482 e. The first-order chi connectivity index (χ1) is 21.5. The molecule has 1 amide bonds. The van der Waals surface area contributed by atoms with Crippen LogP contribution >= 0.6 is 0 Å². The second kappa shape index (κ2) is 10.5. The summed E-state index contributed by atoms with van der Waals surface area (Å²) < 4.78 is 9.17. The number of fused-ring (bicyclic) bond motifs is 6. The molecule has 44 heavy (non-hydrogen) atoms. The van der Waals surface area contributed by atoms with E-state index in [1.165, 1.54) is 0 Å². The first-order valence-corrected chi connectivity index (χ1v) is 14.9. The summed E-state index contributed by atoms with van der Waals surface area (Å²) >= 11 is 0. The Labute approximate surface area is 252 Å². The number of nitrogens with zero attached hydrogens (tertiary/aromatic N) is 8. The summed E-state index contributed by atoms with van der Waals surface area (Å²) in [6, 6.07) is 11.7. The summed E-state index contributed by atoms with van der Waals surface area (Å²) in [5, 5.41) is 12.6. The van der Waals surface area contributed by atoms with Crippen LogP contribution in [0.5, 0.6) is 5.75 Å². The van der Waals surface area contributed by atoms with Gasteiger partial charge in [0.1, 0.15) is 11.1 Å². The van der Waals surface area contributed by atoms with Crippen molar-refractivity contribution in [1.29, 1.82) is 0 Å². The number of H-pyrrole nitrogens is 1. The van der Waals surface area contributed by atoms with Crippen LogP contribution in [0.25, 0.3) is 27.6 Å². The average Bonchev–Trinajstić information content (AvgIpc) is 3.57. The van der Waals surface area contributed by atoms with Crippen LogP contribution in [0, 0.1) is 0 Å². The standard InChI is InChI=1S/C31H32N10O3/c1-37-12-14-38(15-13-37)29-22-8-6-20(16-24(22)35-36-29)33-31-32-18-23-28(34-31)41-21-7-9-26-25(17-21)39(27(42)19-44-26)10-4-2-3-5-11-40(41)30(23)43/h3,5-9,16-18H,2,4,10-15,19H2,1H3,(H,35,36)(H,32,33,34)/b5-3-. The van der Waals surface area contributed by atoms with Crippen LogP contribution in [0.2, 0.25) is 0 Å². The molecule has 2 bridgehead atoms. The zero-order valence-corrected chi connectivity index (χ0v) is 24.4. The fourth-order valence-electron chi connectivity index (χ4n) is 6.21. The van der Waals surface area contributed by atoms with Crippen LogP contribution in [0.1, 0.15) is 12.8 Å². The molecule has 2 aromatic carbocycles. The van der Waals surface area contributed by atoms with Gasteiger partial charge in [0.05, 0.1) is 23.4 Å². The molecule has 0 atom stereocenters. The number of carbonyl (C=O) groups excluding carboxylic acids is 1. The number of benzene rings is 2. The lowest BCUT2D eigenvalue weighted by molar-refractivity contribution is -0.121. The molecule has 224 valence electrons. The zero-order chi connectivity index (χ0) is 29.8. The smallest absolute Gasteiger partial charge is 0.278 e. The molecule has 0 spiro atoms. The third-order valence-electron chi connectivity index (χ3n) is 8.60. The van der Waals surface area contributed by atoms with E-state index in [0.29, 0.717) is 47.2 Å². The molecule has 0 saturated carbocycles. The highest BCUT2D eigenvalue weighted by Crippen LogP contribution is 2.35. The fourth-order valence-corrected chi connectivity index (χ4v) is 6.21. The van der Waals surface area contributed by atoms with Gasteiger partial charge in [-0.1, -0.05) is 12.2 Å². The molecule has 0 radical (unpaired) electrons. The van der Waals surface area contributed by atoms with Gasteiger partial charge in [-0.3, -0.25) is 14.7 Å². The number of likely N-dealkylation sites (N-methyl/N-ethyl adjacent to an activating group) is 1. The maximum Gasteiger partial charge on any atom is 0.278 e. The number of aromatic nitrogens is 6. The maximum atomic E-state index is 13.6. The first kappa shape index (κ1) is 26.5. The molecule has 2 N–H and O–H groups in total. The lowest BCUT2D eigenvalue weighted by atomic mass is 10.1. The molecule has 1 saturated heterocycles. The summed E-state index contributed by atoms with van der Waals surface area (Å²) in [4.78, 5) is 42.1. The molecular formula is C31H32N10O3. The minimum atomic E-state index is -0.189. The monoisotopic (exact) mass is 592 g/mol. The number of nitrogens with one attached hydrogen (secondary N) is 2. The number of amides is 1. The van der Waals surface area contributed by atoms with Crippen LogP contribution in [-0.2, 0) is 11.3 Å². The lowest BCUT2D eigenvalue weighted by Gasteiger charge is -2.32. The van der Waals surface area contributed by atoms with Crippen LogP contribution in [0.4, 0.5) is 23.1 Å². The molecule has 1 fully saturated rings. The van der Waals surface area contributed by atoms with Gasteiger partial charge in [-0.2, -0.15) is 10.1 Å². The Morgan fingerprint density at radius 3 is 2.75 bits per heavy atom. The zero-order valence-electron chi connectivity index (χ0n) is 24.4. The highest BCUT2D eigenvalue weighted by atomic mass is 16.5. The van der Waals surface area contributed by atoms with Crippen molar-refractivity contribution in [2.45, 2.75) is 19.4 Å². The van der Waals surface area contributed by atoms with Crippen LogP contribution in [0.15, 0.2) is 59.5 Å². The van der Waals surface area contributed by atoms with Gasteiger partial charge in [-0.05, 0) is 56.3 Å². The summed E-state index contributed by atoms with van der Waals surface area (Å²) in [5.74, 6) is 1.89. The van der Waals surface area contributed by atoms with Crippen molar-refractivity contribution >= 4 is 51.0 Å². The Morgan fingerprint density at radius 1 is 0.977 bits per heavy atom. The van der Waals surface area contributed by atoms with E-state index in [1.807, 2.05) is 36.4 Å². The Morgan fingerprint density at radius 2 is 1.86 bits per heavy atom. The van der Waals surface area contributed by atoms with Gasteiger partial charge >= 0.3 is 0 Å². The van der Waals surface area contributed by atoms with Gasteiger partial charge < -0.3 is 24.8 Å². The van der Waals surface area contributed by atoms with Crippen molar-refractivity contribution in [3.05, 3.63) is 65.1 Å². The number of hydrogen-bond acceptors (Lipinski definition) is 9. The van der Waals surface area contributed by atoms with Gasteiger partial charge in [0, 0.05) is 50.0 Å². The van der Waals surface area contributed by atoms with E-state index in [9.17, 15) is 9.59 Å². The molecule has 0 aliphatic carbocycles. The molecule has 6 heterocycles. The van der Waals surface area contributed by atoms with Crippen molar-refractivity contribution in [1.82, 2.24) is 34.4 Å². The van der Waals surface area contributed by atoms with Gasteiger partial charge in [-0.15, -0.1) is 0 Å². The SMILES string of the molecule is CN1CCN(c2n[nH]c3cc(Nc4ncc5c(=O)n6n(c5n4)-c4ccc5c(c4)N(CCC/C=C\C6)C(=O)CO5)ccc23)CC1. The second-order valence-electron chi connectivity index (χ2n) is 11.5. The highest BCUT2D eigenvalue weighted by molar-refractivity contribution is 5.98. The molecule has 3 aliphatic heterocycles. The van der Waals surface area contributed by atoms with Crippen molar-refractivity contribution in [3.63, 3.8) is 0 Å². The van der Waals surface area contributed by atoms with E-state index < -0.39 is 0 Å². The minimum absolute atomic E-state index is 0.0170. The number of carbonyl (C=O) groups is 1. The Balaban J connectivity index is 1.18. The van der Waals surface area contributed by atoms with Gasteiger partial charge in [0.15, 0.2) is 18.1 Å². The number of hydrogen-bond donors (Lipinski definition) is 2. The quantitative estimate of drug-likeness (QED) is 0.304. The van der Waals surface area contributed by atoms with Crippen molar-refractivity contribution in [2.75, 3.05) is 61.5 Å². The molecule has 3 aliphatic rings. The van der Waals surface area contributed by atoms with Crippen LogP contribution in [-0.4, -0.2) is 86.7 Å². The molecule has 13 nitrogen and oxygen atoms in total. The Kier molecular flexibility index (Phi) is 6.33. The van der Waals surface area contributed by atoms with Gasteiger partial charge in [0.2, 0.25) is 5.95 Å². The predicted molar refractivity (Wildman–Crippen MR) is 168 cm³/mol. The van der Waals surface area contributed by atoms with Crippen LogP contribution in [0.3, 0.4) is 0 Å². The Hall–Kier alpha value is -5.17. The summed E-state index contributed by atoms with van der Waals surface area (Å²) in [6.45, 7) is 4.87. The van der Waals surface area contributed by atoms with E-state index in [4.69, 9.17) is 9.72 Å². The summed E-state index contributed by atoms with van der Waals surface area (Å²) in [5.41, 5.74) is 3.38. The average molecular weight is 593 g/mol. The van der Waals surface area contributed by atoms with E-state index in [1.54, 1.807) is 20.5 Å². The normalized spacial score (nSPS) is 18.1. The predicted octanol–water partition coefficient (Wildman–Crippen LogP) is 3.03. The molecule has 5 aromatic rings. The van der Waals surface area contributed by atoms with Crippen molar-refractivity contribution in [3.8, 4) is 11.4 Å². The number of allylic oxidation sites excluding steroid dienone is 2. The Bertz CT molecular complexity index is 2000. The topological polar surface area (TPSA) is 129 Å². The maximum absolute atomic E-state index is 13.6. The third kappa shape index (κ3) is 4.47. The third-order valence-corrected chi connectivity index (χ3v) is 8.60.